The van der Waals surface area contributed by atoms with Crippen molar-refractivity contribution in [3.05, 3.63) is 65.5 Å². The summed E-state index contributed by atoms with van der Waals surface area (Å²) in [7, 11) is 3.88. The molecule has 1 saturated heterocycles. The Morgan fingerprint density at radius 3 is 2.78 bits per heavy atom. The fraction of sp³-hybridized carbons (Fsp3) is 0.333. The van der Waals surface area contributed by atoms with Gasteiger partial charge in [-0.3, -0.25) is 14.5 Å². The summed E-state index contributed by atoms with van der Waals surface area (Å²) in [6.45, 7) is 0.772. The highest BCUT2D eigenvalue weighted by molar-refractivity contribution is 6.31. The third-order valence-corrected chi connectivity index (χ3v) is 6.47. The summed E-state index contributed by atoms with van der Waals surface area (Å²) < 4.78 is 3.82. The maximum atomic E-state index is 13.1. The van der Waals surface area contributed by atoms with Gasteiger partial charge in [-0.15, -0.1) is 0 Å². The van der Waals surface area contributed by atoms with Gasteiger partial charge in [0.1, 0.15) is 5.82 Å². The van der Waals surface area contributed by atoms with E-state index in [9.17, 15) is 4.79 Å². The molecule has 0 spiro atoms. The molecule has 1 aliphatic heterocycles. The molecule has 1 fully saturated rings. The Bertz CT molecular complexity index is 1280. The number of fused-ring (bicyclic) bond motifs is 1. The lowest BCUT2D eigenvalue weighted by Crippen LogP contribution is -2.31. The van der Waals surface area contributed by atoms with Gasteiger partial charge in [0.25, 0.3) is 0 Å². The first kappa shape index (κ1) is 20.7. The molecule has 1 atom stereocenters. The molecule has 4 heterocycles. The maximum Gasteiger partial charge on any atom is 0.223 e. The van der Waals surface area contributed by atoms with Crippen LogP contribution in [-0.4, -0.2) is 41.7 Å². The van der Waals surface area contributed by atoms with Crippen molar-refractivity contribution in [3.8, 4) is 11.1 Å². The first-order chi connectivity index (χ1) is 15.5. The highest BCUT2D eigenvalue weighted by atomic mass is 35.5. The maximum absolute atomic E-state index is 13.1. The second-order valence-electron chi connectivity index (χ2n) is 8.34. The number of halogens is 1. The number of aromatic nitrogens is 5. The third kappa shape index (κ3) is 3.88. The predicted molar refractivity (Wildman–Crippen MR) is 124 cm³/mol. The zero-order valence-corrected chi connectivity index (χ0v) is 19.0. The molecular formula is C24H25ClN6O. The predicted octanol–water partition coefficient (Wildman–Crippen LogP) is 4.32. The van der Waals surface area contributed by atoms with Crippen LogP contribution in [0, 0.1) is 0 Å². The third-order valence-electron chi connectivity index (χ3n) is 6.24. The molecule has 0 N–H and O–H groups in total. The van der Waals surface area contributed by atoms with Crippen molar-refractivity contribution in [2.24, 2.45) is 14.1 Å². The standard InChI is InChI=1S/C24H25ClN6O/c1-29-15-17(14-27-29)16-5-7-19(26-13-16)22-4-3-11-31(22)24(32)10-9-23-28-20-12-18(25)6-8-21(20)30(23)2/h5-8,12-15,22H,3-4,9-11H2,1-2H3/t22-/m0/s1. The lowest BCUT2D eigenvalue weighted by atomic mass is 10.1. The number of hydrogen-bond acceptors (Lipinski definition) is 4. The lowest BCUT2D eigenvalue weighted by Gasteiger charge is -2.24. The molecule has 32 heavy (non-hydrogen) atoms. The van der Waals surface area contributed by atoms with E-state index in [1.165, 1.54) is 0 Å². The normalized spacial score (nSPS) is 16.2. The van der Waals surface area contributed by atoms with Crippen molar-refractivity contribution in [1.29, 1.82) is 0 Å². The number of likely N-dealkylation sites (tertiary alicyclic amines) is 1. The molecule has 8 heteroatoms. The van der Waals surface area contributed by atoms with Gasteiger partial charge in [0.05, 0.1) is 29.0 Å². The van der Waals surface area contributed by atoms with E-state index in [0.717, 1.165) is 53.1 Å². The van der Waals surface area contributed by atoms with E-state index < -0.39 is 0 Å². The van der Waals surface area contributed by atoms with Crippen LogP contribution in [0.5, 0.6) is 0 Å². The van der Waals surface area contributed by atoms with Gasteiger partial charge in [0, 0.05) is 62.0 Å². The first-order valence-electron chi connectivity index (χ1n) is 10.8. The van der Waals surface area contributed by atoms with Crippen LogP contribution in [0.25, 0.3) is 22.2 Å². The van der Waals surface area contributed by atoms with Crippen LogP contribution in [0.3, 0.4) is 0 Å². The zero-order valence-electron chi connectivity index (χ0n) is 18.2. The van der Waals surface area contributed by atoms with Gasteiger partial charge < -0.3 is 9.47 Å². The largest absolute Gasteiger partial charge is 0.334 e. The summed E-state index contributed by atoms with van der Waals surface area (Å²) in [6.07, 6.45) is 8.63. The average Bonchev–Trinajstić information content (AvgIpc) is 3.51. The van der Waals surface area contributed by atoms with Crippen LogP contribution >= 0.6 is 11.6 Å². The second-order valence-corrected chi connectivity index (χ2v) is 8.78. The number of rotatable bonds is 5. The van der Waals surface area contributed by atoms with Gasteiger partial charge in [0.15, 0.2) is 0 Å². The summed E-state index contributed by atoms with van der Waals surface area (Å²) in [6, 6.07) is 9.82. The molecule has 7 nitrogen and oxygen atoms in total. The Kier molecular flexibility index (Phi) is 5.43. The lowest BCUT2D eigenvalue weighted by molar-refractivity contribution is -0.132. The van der Waals surface area contributed by atoms with Crippen LogP contribution in [0.15, 0.2) is 48.9 Å². The fourth-order valence-corrected chi connectivity index (χ4v) is 4.69. The van der Waals surface area contributed by atoms with E-state index in [4.69, 9.17) is 11.6 Å². The fourth-order valence-electron chi connectivity index (χ4n) is 4.52. The van der Waals surface area contributed by atoms with E-state index in [2.05, 4.69) is 21.1 Å². The van der Waals surface area contributed by atoms with Crippen LogP contribution < -0.4 is 0 Å². The van der Waals surface area contributed by atoms with Crippen molar-refractivity contribution < 1.29 is 4.79 Å². The monoisotopic (exact) mass is 448 g/mol. The average molecular weight is 449 g/mol. The van der Waals surface area contributed by atoms with Gasteiger partial charge >= 0.3 is 0 Å². The molecular weight excluding hydrogens is 424 g/mol. The Morgan fingerprint density at radius 1 is 1.16 bits per heavy atom. The minimum absolute atomic E-state index is 0.0321. The number of carbonyl (C=O) groups is 1. The molecule has 1 aromatic carbocycles. The highest BCUT2D eigenvalue weighted by Gasteiger charge is 2.30. The molecule has 0 unspecified atom stereocenters. The number of nitrogens with zero attached hydrogens (tertiary/aromatic N) is 6. The van der Waals surface area contributed by atoms with Crippen LogP contribution in [0.4, 0.5) is 0 Å². The molecule has 1 aliphatic rings. The number of pyridine rings is 1. The number of imidazole rings is 1. The minimum atomic E-state index is 0.0321. The number of amides is 1. The van der Waals surface area contributed by atoms with E-state index in [1.54, 1.807) is 4.68 Å². The summed E-state index contributed by atoms with van der Waals surface area (Å²) in [5, 5.41) is 4.89. The summed E-state index contributed by atoms with van der Waals surface area (Å²) >= 11 is 6.09. The second kappa shape index (κ2) is 8.39. The van der Waals surface area contributed by atoms with Crippen molar-refractivity contribution in [2.45, 2.75) is 31.7 Å². The molecule has 0 saturated carbocycles. The molecule has 1 amide bonds. The first-order valence-corrected chi connectivity index (χ1v) is 11.2. The Morgan fingerprint density at radius 2 is 2.03 bits per heavy atom. The van der Waals surface area contributed by atoms with Crippen molar-refractivity contribution >= 4 is 28.5 Å². The van der Waals surface area contributed by atoms with Gasteiger partial charge in [0.2, 0.25) is 5.91 Å². The van der Waals surface area contributed by atoms with E-state index >= 15 is 0 Å². The number of carbonyl (C=O) groups excluding carboxylic acids is 1. The Balaban J connectivity index is 1.28. The van der Waals surface area contributed by atoms with Crippen LogP contribution in [0.1, 0.15) is 36.8 Å². The van der Waals surface area contributed by atoms with Gasteiger partial charge in [-0.2, -0.15) is 5.10 Å². The molecule has 164 valence electrons. The quantitative estimate of drug-likeness (QED) is 0.456. The molecule has 3 aromatic heterocycles. The van der Waals surface area contributed by atoms with Crippen molar-refractivity contribution in [2.75, 3.05) is 6.54 Å². The SMILES string of the molecule is Cn1cc(-c2ccc([C@@H]3CCCN3C(=O)CCc3nc4cc(Cl)ccc4n3C)nc2)cn1. The van der Waals surface area contributed by atoms with Crippen LogP contribution in [-0.2, 0) is 25.3 Å². The number of hydrogen-bond donors (Lipinski definition) is 0. The summed E-state index contributed by atoms with van der Waals surface area (Å²) in [5.74, 6) is 1.04. The van der Waals surface area contributed by atoms with Gasteiger partial charge in [-0.05, 0) is 37.1 Å². The molecule has 0 radical (unpaired) electrons. The minimum Gasteiger partial charge on any atom is -0.334 e. The van der Waals surface area contributed by atoms with E-state index in [1.807, 2.05) is 66.4 Å². The molecule has 0 bridgehead atoms. The van der Waals surface area contributed by atoms with Gasteiger partial charge in [-0.25, -0.2) is 4.98 Å². The number of aryl methyl sites for hydroxylation is 3. The van der Waals surface area contributed by atoms with Crippen molar-refractivity contribution in [1.82, 2.24) is 29.2 Å². The van der Waals surface area contributed by atoms with Gasteiger partial charge in [-0.1, -0.05) is 17.7 Å². The summed E-state index contributed by atoms with van der Waals surface area (Å²) in [5.41, 5.74) is 4.89. The molecule has 5 rings (SSSR count). The van der Waals surface area contributed by atoms with E-state index in [0.29, 0.717) is 17.9 Å². The van der Waals surface area contributed by atoms with E-state index in [-0.39, 0.29) is 11.9 Å². The van der Waals surface area contributed by atoms with Crippen molar-refractivity contribution in [3.63, 3.8) is 0 Å². The Labute approximate surface area is 191 Å². The van der Waals surface area contributed by atoms with Crippen LogP contribution in [0.2, 0.25) is 5.02 Å². The molecule has 0 aliphatic carbocycles. The molecule has 4 aromatic rings. The number of benzene rings is 1. The zero-order chi connectivity index (χ0) is 22.2. The summed E-state index contributed by atoms with van der Waals surface area (Å²) in [4.78, 5) is 24.4. The highest BCUT2D eigenvalue weighted by Crippen LogP contribution is 2.32. The smallest absolute Gasteiger partial charge is 0.223 e. The topological polar surface area (TPSA) is 68.8 Å². The Hall–Kier alpha value is -3.19.